The van der Waals surface area contributed by atoms with Gasteiger partial charge in [-0.25, -0.2) is 0 Å². The number of allylic oxidation sites excluding steroid dienone is 2. The van der Waals surface area contributed by atoms with Gasteiger partial charge in [0.15, 0.2) is 5.78 Å². The van der Waals surface area contributed by atoms with Crippen molar-refractivity contribution in [3.63, 3.8) is 0 Å². The zero-order valence-corrected chi connectivity index (χ0v) is 19.1. The summed E-state index contributed by atoms with van der Waals surface area (Å²) in [6, 6.07) is 0. The van der Waals surface area contributed by atoms with Crippen LogP contribution in [0.3, 0.4) is 0 Å². The molecule has 0 aromatic rings. The van der Waals surface area contributed by atoms with E-state index in [2.05, 4.69) is 50.2 Å². The lowest BCUT2D eigenvalue weighted by molar-refractivity contribution is -0.149. The van der Waals surface area contributed by atoms with Gasteiger partial charge in [0.25, 0.3) is 0 Å². The first-order valence-corrected chi connectivity index (χ1v) is 11.8. The summed E-state index contributed by atoms with van der Waals surface area (Å²) in [5.74, 6) is 3.87. The number of carbonyl (C=O) groups excluding carboxylic acids is 1. The average molecular weight is 391 g/mol. The fourth-order valence-electron chi connectivity index (χ4n) is 8.43. The van der Waals surface area contributed by atoms with E-state index < -0.39 is 0 Å². The van der Waals surface area contributed by atoms with E-state index in [4.69, 9.17) is 4.52 Å². The second-order valence-electron chi connectivity index (χ2n) is 10.9. The highest BCUT2D eigenvalue weighted by molar-refractivity contribution is 7.09. The van der Waals surface area contributed by atoms with Crippen molar-refractivity contribution < 1.29 is 9.32 Å². The first kappa shape index (κ1) is 20.1. The first-order chi connectivity index (χ1) is 12.8. The van der Waals surface area contributed by atoms with Crippen LogP contribution in [0.25, 0.3) is 0 Å². The van der Waals surface area contributed by atoms with E-state index in [1.54, 1.807) is 0 Å². The van der Waals surface area contributed by atoms with Gasteiger partial charge in [-0.3, -0.25) is 4.79 Å². The molecule has 0 heterocycles. The molecule has 4 aliphatic carbocycles. The third-order valence-electron chi connectivity index (χ3n) is 9.76. The fraction of sp³-hybridized carbons (Fsp3) is 0.875. The van der Waals surface area contributed by atoms with Crippen molar-refractivity contribution in [2.24, 2.45) is 46.3 Å². The topological polar surface area (TPSA) is 26.3 Å². The molecule has 152 valence electrons. The second-order valence-corrected chi connectivity index (χ2v) is 11.2. The van der Waals surface area contributed by atoms with Gasteiger partial charge in [0.05, 0.1) is 6.10 Å². The van der Waals surface area contributed by atoms with E-state index in [9.17, 15) is 4.79 Å². The molecule has 0 N–H and O–H groups in total. The molecule has 0 aromatic heterocycles. The quantitative estimate of drug-likeness (QED) is 0.414. The molecule has 4 fully saturated rings. The maximum atomic E-state index is 13.8. The van der Waals surface area contributed by atoms with Crippen LogP contribution < -0.4 is 0 Å². The van der Waals surface area contributed by atoms with E-state index in [1.165, 1.54) is 32.1 Å². The molecule has 0 spiro atoms. The number of fused-ring (bicyclic) bond motifs is 5. The van der Waals surface area contributed by atoms with Crippen molar-refractivity contribution in [1.29, 1.82) is 0 Å². The lowest BCUT2D eigenvalue weighted by Gasteiger charge is -2.61. The molecule has 3 heteroatoms. The number of hydrogen-bond acceptors (Lipinski definition) is 2. The van der Waals surface area contributed by atoms with Crippen LogP contribution in [0.15, 0.2) is 11.6 Å². The third-order valence-corrected chi connectivity index (χ3v) is 10.1. The van der Waals surface area contributed by atoms with Crippen LogP contribution in [0.5, 0.6) is 0 Å². The van der Waals surface area contributed by atoms with Gasteiger partial charge in [-0.2, -0.15) is 0 Å². The van der Waals surface area contributed by atoms with Crippen LogP contribution in [-0.2, 0) is 9.32 Å². The number of Topliss-reactive ketones (excluding diaryl/α,β-unsaturated/α-hetero) is 1. The molecule has 2 nitrogen and oxygen atoms in total. The minimum Gasteiger partial charge on any atom is -0.362 e. The Balaban J connectivity index is 1.73. The summed E-state index contributed by atoms with van der Waals surface area (Å²) in [4.78, 5) is 13.8. The van der Waals surface area contributed by atoms with Crippen molar-refractivity contribution >= 4 is 15.2 Å². The smallest absolute Gasteiger partial charge is 0.162 e. The van der Waals surface area contributed by atoms with Crippen LogP contribution in [0.1, 0.15) is 79.6 Å². The van der Waals surface area contributed by atoms with Crippen molar-refractivity contribution in [2.75, 3.05) is 0 Å². The Labute approximate surface area is 168 Å². The summed E-state index contributed by atoms with van der Waals surface area (Å²) < 4.78 is 5.65. The van der Waals surface area contributed by atoms with Crippen LogP contribution in [0.2, 0.25) is 0 Å². The molecule has 0 radical (unpaired) electrons. The van der Waals surface area contributed by atoms with E-state index in [0.717, 1.165) is 30.3 Å². The van der Waals surface area contributed by atoms with Crippen LogP contribution >= 0.6 is 9.47 Å². The molecule has 27 heavy (non-hydrogen) atoms. The summed E-state index contributed by atoms with van der Waals surface area (Å²) in [7, 11) is 2.46. The Morgan fingerprint density at radius 3 is 2.37 bits per heavy atom. The van der Waals surface area contributed by atoms with Crippen molar-refractivity contribution in [3.05, 3.63) is 11.6 Å². The zero-order chi connectivity index (χ0) is 19.6. The maximum absolute atomic E-state index is 13.8. The van der Waals surface area contributed by atoms with Crippen molar-refractivity contribution in [3.8, 4) is 0 Å². The summed E-state index contributed by atoms with van der Waals surface area (Å²) in [5.41, 5.74) is 1.79. The molecule has 0 amide bonds. The number of carbonyl (C=O) groups is 1. The van der Waals surface area contributed by atoms with Crippen molar-refractivity contribution in [2.45, 2.75) is 85.7 Å². The third kappa shape index (κ3) is 2.76. The van der Waals surface area contributed by atoms with E-state index in [-0.39, 0.29) is 17.4 Å². The molecule has 0 bridgehead atoms. The highest BCUT2D eigenvalue weighted by atomic mass is 31.0. The normalized spacial score (nSPS) is 51.2. The minimum atomic E-state index is 0.272. The monoisotopic (exact) mass is 390 g/mol. The van der Waals surface area contributed by atoms with Gasteiger partial charge in [-0.1, -0.05) is 33.8 Å². The van der Waals surface area contributed by atoms with Gasteiger partial charge in [0, 0.05) is 15.4 Å². The SMILES string of the molecule is C/C=C1/C(=O)C2C3CC[C@H](C(C)C)[C@@]3(C)CCC2[C@@]2(C)CC[C@@H](OP)C[C@@H]12. The Kier molecular flexibility index (Phi) is 5.17. The van der Waals surface area contributed by atoms with E-state index >= 15 is 0 Å². The molecule has 0 aromatic carbocycles. The lowest BCUT2D eigenvalue weighted by Crippen LogP contribution is -2.58. The van der Waals surface area contributed by atoms with Crippen LogP contribution in [0.4, 0.5) is 0 Å². The largest absolute Gasteiger partial charge is 0.362 e. The number of hydrogen-bond donors (Lipinski definition) is 0. The maximum Gasteiger partial charge on any atom is 0.162 e. The highest BCUT2D eigenvalue weighted by Crippen LogP contribution is 2.68. The Morgan fingerprint density at radius 2 is 1.74 bits per heavy atom. The Bertz CT molecular complexity index is 640. The summed E-state index contributed by atoms with van der Waals surface area (Å²) in [5, 5.41) is 0. The predicted octanol–water partition coefficient (Wildman–Crippen LogP) is 6.21. The van der Waals surface area contributed by atoms with Gasteiger partial charge in [0.2, 0.25) is 0 Å². The molecular weight excluding hydrogens is 351 g/mol. The van der Waals surface area contributed by atoms with Gasteiger partial charge in [-0.05, 0) is 97.9 Å². The predicted molar refractivity (Wildman–Crippen MR) is 114 cm³/mol. The zero-order valence-electron chi connectivity index (χ0n) is 18.0. The van der Waals surface area contributed by atoms with E-state index in [1.807, 2.05) is 0 Å². The lowest BCUT2D eigenvalue weighted by atomic mass is 9.43. The van der Waals surface area contributed by atoms with E-state index in [0.29, 0.717) is 29.0 Å². The first-order valence-electron chi connectivity index (χ1n) is 11.3. The molecule has 4 saturated carbocycles. The summed E-state index contributed by atoms with van der Waals surface area (Å²) in [6.07, 6.45) is 11.0. The fourth-order valence-corrected chi connectivity index (χ4v) is 8.68. The van der Waals surface area contributed by atoms with Gasteiger partial charge in [-0.15, -0.1) is 0 Å². The molecule has 4 unspecified atom stereocenters. The molecule has 4 rings (SSSR count). The summed E-state index contributed by atoms with van der Waals surface area (Å²) in [6.45, 7) is 11.9. The van der Waals surface area contributed by atoms with Crippen molar-refractivity contribution in [1.82, 2.24) is 0 Å². The van der Waals surface area contributed by atoms with Gasteiger partial charge < -0.3 is 4.52 Å². The standard InChI is InChI=1S/C24H39O2P/c1-6-16-20-13-15(26-27)9-11-24(20,5)19-10-12-23(4)17(14(2)3)7-8-18(23)21(19)22(16)25/h6,14-15,17-21H,7-13,27H2,1-5H3/b16-6+/t15-,17-,18?,19?,20+,21?,23-,24-/m1/s1. The number of rotatable bonds is 2. The second kappa shape index (κ2) is 6.94. The molecule has 0 aliphatic heterocycles. The number of ketones is 1. The Morgan fingerprint density at radius 1 is 1.07 bits per heavy atom. The molecule has 9 atom stereocenters. The summed E-state index contributed by atoms with van der Waals surface area (Å²) >= 11 is 0. The Hall–Kier alpha value is -0.200. The molecular formula is C24H39O2P. The average Bonchev–Trinajstić information content (AvgIpc) is 2.99. The highest BCUT2D eigenvalue weighted by Gasteiger charge is 2.64. The van der Waals surface area contributed by atoms with Crippen LogP contribution in [-0.4, -0.2) is 11.9 Å². The van der Waals surface area contributed by atoms with Crippen LogP contribution in [0, 0.1) is 46.3 Å². The molecule has 0 saturated heterocycles. The minimum absolute atomic E-state index is 0.272. The van der Waals surface area contributed by atoms with Gasteiger partial charge >= 0.3 is 0 Å². The van der Waals surface area contributed by atoms with Gasteiger partial charge in [0.1, 0.15) is 0 Å². The molecule has 4 aliphatic rings.